The third-order valence-corrected chi connectivity index (χ3v) is 7.56. The molecule has 0 radical (unpaired) electrons. The summed E-state index contributed by atoms with van der Waals surface area (Å²) in [5.41, 5.74) is 0.0818. The molecule has 4 heterocycles. The second-order valence-electron chi connectivity index (χ2n) is 9.50. The molecule has 1 fully saturated rings. The van der Waals surface area contributed by atoms with E-state index in [0.29, 0.717) is 12.2 Å². The van der Waals surface area contributed by atoms with Gasteiger partial charge in [0.15, 0.2) is 11.6 Å². The fourth-order valence-corrected chi connectivity index (χ4v) is 5.58. The van der Waals surface area contributed by atoms with Crippen LogP contribution in [0.5, 0.6) is 17.2 Å². The number of ether oxygens (including phenoxy) is 2. The van der Waals surface area contributed by atoms with Crippen molar-refractivity contribution in [2.45, 2.75) is 6.04 Å². The van der Waals surface area contributed by atoms with Crippen molar-refractivity contribution in [3.05, 3.63) is 71.3 Å². The van der Waals surface area contributed by atoms with Crippen molar-refractivity contribution in [1.82, 2.24) is 14.8 Å². The van der Waals surface area contributed by atoms with Crippen molar-refractivity contribution in [2.24, 2.45) is 0 Å². The van der Waals surface area contributed by atoms with Gasteiger partial charge in [0.25, 0.3) is 5.91 Å². The average molecular weight is 569 g/mol. The highest BCUT2D eigenvalue weighted by Crippen LogP contribution is 2.48. The number of carbonyl (C=O) groups excluding carboxylic acids is 2. The lowest BCUT2D eigenvalue weighted by Crippen LogP contribution is -2.57. The lowest BCUT2D eigenvalue weighted by atomic mass is 10.0. The van der Waals surface area contributed by atoms with Gasteiger partial charge in [0.05, 0.1) is 23.8 Å². The number of amides is 2. The molecule has 40 heavy (non-hydrogen) atoms. The Morgan fingerprint density at radius 2 is 1.98 bits per heavy atom. The van der Waals surface area contributed by atoms with Crippen LogP contribution in [0.15, 0.2) is 49.1 Å². The molecule has 1 unspecified atom stereocenters. The first-order valence-corrected chi connectivity index (χ1v) is 12.9. The van der Waals surface area contributed by atoms with Crippen molar-refractivity contribution in [3.8, 4) is 28.5 Å². The van der Waals surface area contributed by atoms with Crippen molar-refractivity contribution < 1.29 is 33.0 Å². The number of phenols is 1. The van der Waals surface area contributed by atoms with Crippen LogP contribution in [0.4, 0.5) is 20.3 Å². The third-order valence-electron chi connectivity index (χ3n) is 7.21. The summed E-state index contributed by atoms with van der Waals surface area (Å²) in [5.74, 6) is -2.08. The molecular weight excluding hydrogens is 546 g/mol. The molecular formula is C28H23ClF2N4O5. The molecule has 1 aromatic heterocycles. The Morgan fingerprint density at radius 1 is 1.15 bits per heavy atom. The molecule has 3 aliphatic heterocycles. The summed E-state index contributed by atoms with van der Waals surface area (Å²) in [7, 11) is 0. The maximum atomic E-state index is 15.1. The Balaban J connectivity index is 1.56. The molecule has 0 spiro atoms. The predicted molar refractivity (Wildman–Crippen MR) is 142 cm³/mol. The molecule has 206 valence electrons. The topological polar surface area (TPSA) is 95.4 Å². The molecule has 12 heteroatoms. The number of benzene rings is 2. The monoisotopic (exact) mass is 568 g/mol. The Labute approximate surface area is 232 Å². The van der Waals surface area contributed by atoms with Gasteiger partial charge in [-0.25, -0.2) is 13.8 Å². The fourth-order valence-electron chi connectivity index (χ4n) is 5.30. The van der Waals surface area contributed by atoms with Gasteiger partial charge in [0.1, 0.15) is 52.6 Å². The van der Waals surface area contributed by atoms with Crippen molar-refractivity contribution in [2.75, 3.05) is 44.3 Å². The van der Waals surface area contributed by atoms with Crippen LogP contribution in [0.25, 0.3) is 11.3 Å². The van der Waals surface area contributed by atoms with Gasteiger partial charge in [-0.15, -0.1) is 0 Å². The summed E-state index contributed by atoms with van der Waals surface area (Å²) in [6.45, 7) is 4.64. The Kier molecular flexibility index (Phi) is 6.46. The van der Waals surface area contributed by atoms with Gasteiger partial charge in [-0.3, -0.25) is 9.59 Å². The quantitative estimate of drug-likeness (QED) is 0.474. The van der Waals surface area contributed by atoms with Crippen LogP contribution >= 0.6 is 11.6 Å². The van der Waals surface area contributed by atoms with Crippen LogP contribution in [0.1, 0.15) is 10.4 Å². The number of pyridine rings is 1. The van der Waals surface area contributed by atoms with Gasteiger partial charge in [0, 0.05) is 25.7 Å². The lowest BCUT2D eigenvalue weighted by molar-refractivity contribution is -0.128. The molecule has 3 aromatic rings. The molecule has 9 nitrogen and oxygen atoms in total. The minimum absolute atomic E-state index is 0.00353. The Bertz CT molecular complexity index is 1550. The molecule has 6 rings (SSSR count). The highest BCUT2D eigenvalue weighted by Gasteiger charge is 2.41. The molecule has 2 aromatic carbocycles. The van der Waals surface area contributed by atoms with E-state index in [1.54, 1.807) is 14.7 Å². The number of halogens is 3. The van der Waals surface area contributed by atoms with E-state index in [0.717, 1.165) is 6.07 Å². The number of carbonyl (C=O) groups is 2. The van der Waals surface area contributed by atoms with Gasteiger partial charge in [-0.2, -0.15) is 0 Å². The summed E-state index contributed by atoms with van der Waals surface area (Å²) in [4.78, 5) is 35.9. The Morgan fingerprint density at radius 3 is 2.75 bits per heavy atom. The number of rotatable bonds is 3. The van der Waals surface area contributed by atoms with Crippen LogP contribution < -0.4 is 14.4 Å². The third kappa shape index (κ3) is 4.17. The largest absolute Gasteiger partial charge is 0.507 e. The molecule has 0 aliphatic carbocycles. The first-order chi connectivity index (χ1) is 19.3. The van der Waals surface area contributed by atoms with Crippen LogP contribution in [0, 0.1) is 11.6 Å². The average Bonchev–Trinajstić information content (AvgIpc) is 3.09. The van der Waals surface area contributed by atoms with Gasteiger partial charge in [-0.05, 0) is 30.3 Å². The molecule has 2 amide bonds. The number of fused-ring (bicyclic) bond motifs is 3. The number of piperazine rings is 1. The maximum absolute atomic E-state index is 15.1. The highest BCUT2D eigenvalue weighted by molar-refractivity contribution is 6.35. The second-order valence-corrected chi connectivity index (χ2v) is 9.88. The standard InChI is InChI=1S/C28H23ClF2N4O5/c1-2-21(37)33-8-9-34-16(13-33)14-40-26-23(28(34)38)27(35-10-11-39-20-12-15(30)6-7-18(20)35)32-25(24(26)29)22-17(31)4-3-5-19(22)36/h2-7,12,16,36H,1,8-11,13-14H2. The van der Waals surface area contributed by atoms with E-state index in [9.17, 15) is 19.1 Å². The Hall–Kier alpha value is -4.38. The normalized spacial score (nSPS) is 18.1. The lowest BCUT2D eigenvalue weighted by Gasteiger charge is -2.39. The van der Waals surface area contributed by atoms with Crippen molar-refractivity contribution >= 4 is 34.9 Å². The van der Waals surface area contributed by atoms with Crippen LogP contribution in [0.3, 0.4) is 0 Å². The number of phenolic OH excluding ortho intramolecular Hbond substituents is 1. The van der Waals surface area contributed by atoms with E-state index in [-0.39, 0.29) is 77.9 Å². The zero-order chi connectivity index (χ0) is 28.1. The minimum atomic E-state index is -0.777. The molecule has 0 bridgehead atoms. The van der Waals surface area contributed by atoms with Gasteiger partial charge >= 0.3 is 0 Å². The summed E-state index contributed by atoms with van der Waals surface area (Å²) >= 11 is 6.77. The van der Waals surface area contributed by atoms with Crippen LogP contribution in [-0.2, 0) is 4.79 Å². The SMILES string of the molecule is C=CC(=O)N1CCN2C(=O)c3c(N4CCOc5cc(F)ccc54)nc(-c4c(O)cccc4F)c(Cl)c3OCC2C1. The van der Waals surface area contributed by atoms with E-state index in [2.05, 4.69) is 11.6 Å². The van der Waals surface area contributed by atoms with Crippen LogP contribution in [0.2, 0.25) is 5.02 Å². The fraction of sp³-hybridized carbons (Fsp3) is 0.250. The number of aromatic nitrogens is 1. The number of nitrogens with zero attached hydrogens (tertiary/aromatic N) is 4. The first-order valence-electron chi connectivity index (χ1n) is 12.5. The zero-order valence-corrected chi connectivity index (χ0v) is 21.8. The van der Waals surface area contributed by atoms with Gasteiger partial charge < -0.3 is 29.3 Å². The van der Waals surface area contributed by atoms with Gasteiger partial charge in [-0.1, -0.05) is 24.2 Å². The number of anilines is 2. The summed E-state index contributed by atoms with van der Waals surface area (Å²) in [6, 6.07) is 7.27. The van der Waals surface area contributed by atoms with Crippen molar-refractivity contribution in [1.29, 1.82) is 0 Å². The molecule has 1 saturated heterocycles. The maximum Gasteiger partial charge on any atom is 0.261 e. The second kappa shape index (κ2) is 9.98. The highest BCUT2D eigenvalue weighted by atomic mass is 35.5. The van der Waals surface area contributed by atoms with Gasteiger partial charge in [0.2, 0.25) is 5.91 Å². The number of aromatic hydroxyl groups is 1. The van der Waals surface area contributed by atoms with E-state index in [1.165, 1.54) is 36.4 Å². The molecule has 1 N–H and O–H groups in total. The smallest absolute Gasteiger partial charge is 0.261 e. The number of hydrogen-bond donors (Lipinski definition) is 1. The van der Waals surface area contributed by atoms with E-state index >= 15 is 4.39 Å². The summed E-state index contributed by atoms with van der Waals surface area (Å²) in [5, 5.41) is 10.4. The zero-order valence-electron chi connectivity index (χ0n) is 21.1. The van der Waals surface area contributed by atoms with E-state index < -0.39 is 29.3 Å². The van der Waals surface area contributed by atoms with Crippen molar-refractivity contribution in [3.63, 3.8) is 0 Å². The predicted octanol–water partition coefficient (Wildman–Crippen LogP) is 4.15. The molecule has 3 aliphatic rings. The molecule has 0 saturated carbocycles. The van der Waals surface area contributed by atoms with E-state index in [1.807, 2.05) is 0 Å². The summed E-state index contributed by atoms with van der Waals surface area (Å²) in [6.07, 6.45) is 1.22. The summed E-state index contributed by atoms with van der Waals surface area (Å²) < 4.78 is 40.9. The molecule has 1 atom stereocenters. The van der Waals surface area contributed by atoms with Crippen LogP contribution in [-0.4, -0.2) is 77.1 Å². The first kappa shape index (κ1) is 25.9. The minimum Gasteiger partial charge on any atom is -0.507 e. The van der Waals surface area contributed by atoms with E-state index in [4.69, 9.17) is 21.1 Å². The number of hydrogen-bond acceptors (Lipinski definition) is 7.